The average molecular weight is 483 g/mol. The van der Waals surface area contributed by atoms with Gasteiger partial charge in [-0.3, -0.25) is 4.79 Å². The number of thiophene rings is 1. The van der Waals surface area contributed by atoms with E-state index in [1.54, 1.807) is 42.5 Å². The number of para-hydroxylation sites is 1. The lowest BCUT2D eigenvalue weighted by Gasteiger charge is -2.10. The van der Waals surface area contributed by atoms with Crippen molar-refractivity contribution in [2.45, 2.75) is 9.79 Å². The van der Waals surface area contributed by atoms with Crippen LogP contribution in [0, 0.1) is 5.82 Å². The Morgan fingerprint density at radius 3 is 2.39 bits per heavy atom. The quantitative estimate of drug-likeness (QED) is 0.348. The molecule has 0 amide bonds. The van der Waals surface area contributed by atoms with Gasteiger partial charge >= 0.3 is 0 Å². The van der Waals surface area contributed by atoms with Crippen LogP contribution in [-0.4, -0.2) is 21.3 Å². The molecular weight excluding hydrogens is 463 g/mol. The lowest BCUT2D eigenvalue weighted by Crippen LogP contribution is -2.08. The van der Waals surface area contributed by atoms with Crippen molar-refractivity contribution in [1.82, 2.24) is 0 Å². The highest BCUT2D eigenvalue weighted by atomic mass is 32.2. The third kappa shape index (κ3) is 4.33. The van der Waals surface area contributed by atoms with Crippen LogP contribution in [0.2, 0.25) is 0 Å². The molecule has 1 heterocycles. The molecule has 0 aliphatic heterocycles. The number of sulfone groups is 1. The van der Waals surface area contributed by atoms with Crippen LogP contribution in [-0.2, 0) is 9.84 Å². The van der Waals surface area contributed by atoms with Crippen LogP contribution >= 0.6 is 11.3 Å². The topological polar surface area (TPSA) is 98.5 Å². The number of nitrogens with two attached hydrogens (primary N) is 1. The molecule has 168 valence electrons. The van der Waals surface area contributed by atoms with E-state index in [1.165, 1.54) is 43.5 Å². The summed E-state index contributed by atoms with van der Waals surface area (Å²) in [7, 11) is -2.64. The number of ketones is 1. The SMILES string of the molecule is COc1cccc(C(=O)c2sc(Nc3ccccc3F)c(S(=O)(=O)c3ccccc3)c2N)c1. The highest BCUT2D eigenvalue weighted by molar-refractivity contribution is 7.92. The summed E-state index contributed by atoms with van der Waals surface area (Å²) in [5.41, 5.74) is 6.41. The first kappa shape index (κ1) is 22.5. The summed E-state index contributed by atoms with van der Waals surface area (Å²) in [6, 6.07) is 20.0. The normalized spacial score (nSPS) is 11.2. The van der Waals surface area contributed by atoms with E-state index in [-0.39, 0.29) is 36.6 Å². The Hall–Kier alpha value is -3.69. The number of methoxy groups -OCH3 is 1. The van der Waals surface area contributed by atoms with Gasteiger partial charge in [0.05, 0.1) is 23.4 Å². The Bertz CT molecular complexity index is 1430. The number of rotatable bonds is 7. The summed E-state index contributed by atoms with van der Waals surface area (Å²) >= 11 is 0.855. The van der Waals surface area contributed by atoms with Crippen LogP contribution in [0.1, 0.15) is 15.2 Å². The Labute approximate surface area is 194 Å². The van der Waals surface area contributed by atoms with Crippen LogP contribution in [0.5, 0.6) is 5.75 Å². The Balaban J connectivity index is 1.89. The van der Waals surface area contributed by atoms with Gasteiger partial charge in [-0.1, -0.05) is 42.5 Å². The number of benzene rings is 3. The van der Waals surface area contributed by atoms with Gasteiger partial charge in [0.25, 0.3) is 0 Å². The maximum absolute atomic E-state index is 14.3. The van der Waals surface area contributed by atoms with Crippen LogP contribution in [0.3, 0.4) is 0 Å². The number of nitrogens with one attached hydrogen (secondary N) is 1. The molecule has 9 heteroatoms. The summed E-state index contributed by atoms with van der Waals surface area (Å²) < 4.78 is 46.5. The van der Waals surface area contributed by atoms with E-state index >= 15 is 0 Å². The zero-order valence-corrected chi connectivity index (χ0v) is 19.0. The molecule has 0 saturated heterocycles. The summed E-state index contributed by atoms with van der Waals surface area (Å²) in [5, 5.41) is 2.86. The molecule has 4 rings (SSSR count). The number of halogens is 1. The first-order valence-corrected chi connectivity index (χ1v) is 12.1. The predicted molar refractivity (Wildman–Crippen MR) is 127 cm³/mol. The molecule has 3 aromatic carbocycles. The zero-order valence-electron chi connectivity index (χ0n) is 17.4. The maximum atomic E-state index is 14.3. The molecular formula is C24H19FN2O4S2. The van der Waals surface area contributed by atoms with Gasteiger partial charge in [-0.05, 0) is 36.4 Å². The number of hydrogen-bond acceptors (Lipinski definition) is 7. The van der Waals surface area contributed by atoms with Crippen molar-refractivity contribution in [3.8, 4) is 5.75 Å². The molecule has 0 radical (unpaired) electrons. The molecule has 33 heavy (non-hydrogen) atoms. The van der Waals surface area contributed by atoms with Crippen molar-refractivity contribution in [2.24, 2.45) is 0 Å². The summed E-state index contributed by atoms with van der Waals surface area (Å²) in [5.74, 6) is -0.575. The van der Waals surface area contributed by atoms with Gasteiger partial charge in [0.1, 0.15) is 26.3 Å². The average Bonchev–Trinajstić information content (AvgIpc) is 3.17. The van der Waals surface area contributed by atoms with E-state index in [1.807, 2.05) is 0 Å². The molecule has 0 saturated carbocycles. The number of nitrogen functional groups attached to an aromatic ring is 1. The second-order valence-electron chi connectivity index (χ2n) is 6.99. The largest absolute Gasteiger partial charge is 0.497 e. The number of ether oxygens (including phenoxy) is 1. The van der Waals surface area contributed by atoms with E-state index in [0.29, 0.717) is 5.75 Å². The van der Waals surface area contributed by atoms with E-state index in [9.17, 15) is 17.6 Å². The fourth-order valence-corrected chi connectivity index (χ4v) is 6.19. The van der Waals surface area contributed by atoms with Crippen molar-refractivity contribution in [3.63, 3.8) is 0 Å². The third-order valence-corrected chi connectivity index (χ3v) is 7.99. The first-order chi connectivity index (χ1) is 15.8. The van der Waals surface area contributed by atoms with E-state index in [2.05, 4.69) is 5.32 Å². The molecule has 6 nitrogen and oxygen atoms in total. The van der Waals surface area contributed by atoms with Crippen LogP contribution in [0.4, 0.5) is 20.8 Å². The van der Waals surface area contributed by atoms with Crippen molar-refractivity contribution < 1.29 is 22.3 Å². The van der Waals surface area contributed by atoms with Gasteiger partial charge in [0, 0.05) is 5.56 Å². The van der Waals surface area contributed by atoms with Crippen LogP contribution in [0.25, 0.3) is 0 Å². The van der Waals surface area contributed by atoms with Gasteiger partial charge in [0.2, 0.25) is 15.6 Å². The minimum Gasteiger partial charge on any atom is -0.497 e. The molecule has 4 aromatic rings. The Kier molecular flexibility index (Phi) is 6.17. The number of hydrogen-bond donors (Lipinski definition) is 2. The monoisotopic (exact) mass is 482 g/mol. The highest BCUT2D eigenvalue weighted by Gasteiger charge is 2.32. The molecule has 0 atom stereocenters. The number of carbonyl (C=O) groups is 1. The van der Waals surface area contributed by atoms with E-state index in [4.69, 9.17) is 10.5 Å². The van der Waals surface area contributed by atoms with Gasteiger partial charge in [-0.25, -0.2) is 12.8 Å². The number of anilines is 3. The van der Waals surface area contributed by atoms with E-state index in [0.717, 1.165) is 11.3 Å². The molecule has 0 fully saturated rings. The van der Waals surface area contributed by atoms with Crippen molar-refractivity contribution in [3.05, 3.63) is 95.1 Å². The van der Waals surface area contributed by atoms with Gasteiger partial charge in [0.15, 0.2) is 0 Å². The minimum atomic E-state index is -4.12. The van der Waals surface area contributed by atoms with Gasteiger partial charge in [-0.2, -0.15) is 0 Å². The Morgan fingerprint density at radius 2 is 1.70 bits per heavy atom. The van der Waals surface area contributed by atoms with E-state index < -0.39 is 21.4 Å². The molecule has 3 N–H and O–H groups in total. The fourth-order valence-electron chi connectivity index (χ4n) is 3.24. The van der Waals surface area contributed by atoms with Crippen LogP contribution in [0.15, 0.2) is 88.7 Å². The molecule has 0 aliphatic rings. The smallest absolute Gasteiger partial charge is 0.211 e. The Morgan fingerprint density at radius 1 is 1.00 bits per heavy atom. The summed E-state index contributed by atoms with van der Waals surface area (Å²) in [4.78, 5) is 13.0. The summed E-state index contributed by atoms with van der Waals surface area (Å²) in [6.07, 6.45) is 0. The van der Waals surface area contributed by atoms with Crippen molar-refractivity contribution >= 4 is 43.3 Å². The zero-order chi connectivity index (χ0) is 23.6. The lowest BCUT2D eigenvalue weighted by molar-refractivity contribution is 0.104. The first-order valence-electron chi connectivity index (χ1n) is 9.75. The second-order valence-corrected chi connectivity index (χ2v) is 9.89. The predicted octanol–water partition coefficient (Wildman–Crippen LogP) is 5.29. The maximum Gasteiger partial charge on any atom is 0.211 e. The van der Waals surface area contributed by atoms with Gasteiger partial charge < -0.3 is 15.8 Å². The van der Waals surface area contributed by atoms with Crippen LogP contribution < -0.4 is 15.8 Å². The minimum absolute atomic E-state index is 0.00598. The lowest BCUT2D eigenvalue weighted by atomic mass is 10.1. The van der Waals surface area contributed by atoms with Crippen molar-refractivity contribution in [2.75, 3.05) is 18.2 Å². The molecule has 0 spiro atoms. The second kappa shape index (κ2) is 9.05. The molecule has 0 aliphatic carbocycles. The molecule has 0 unspecified atom stereocenters. The molecule has 1 aromatic heterocycles. The molecule has 0 bridgehead atoms. The van der Waals surface area contributed by atoms with Crippen molar-refractivity contribution in [1.29, 1.82) is 0 Å². The fraction of sp³-hybridized carbons (Fsp3) is 0.0417. The summed E-state index contributed by atoms with van der Waals surface area (Å²) in [6.45, 7) is 0. The highest BCUT2D eigenvalue weighted by Crippen LogP contribution is 2.44. The standard InChI is InChI=1S/C24H19FN2O4S2/c1-31-16-9-7-8-15(14-16)21(28)22-20(26)23(33(29,30)17-10-3-2-4-11-17)24(32-22)27-19-13-6-5-12-18(19)25/h2-14,27H,26H2,1H3. The van der Waals surface area contributed by atoms with Gasteiger partial charge in [-0.15, -0.1) is 11.3 Å². The third-order valence-electron chi connectivity index (χ3n) is 4.88. The number of carbonyl (C=O) groups excluding carboxylic acids is 1.